The summed E-state index contributed by atoms with van der Waals surface area (Å²) in [5.74, 6) is 8.56. The normalized spacial score (nSPS) is 15.6. The highest BCUT2D eigenvalue weighted by Gasteiger charge is 2.28. The summed E-state index contributed by atoms with van der Waals surface area (Å²) < 4.78 is 0. The lowest BCUT2D eigenvalue weighted by Crippen LogP contribution is -2.44. The van der Waals surface area contributed by atoms with Crippen molar-refractivity contribution >= 4 is 11.6 Å². The predicted molar refractivity (Wildman–Crippen MR) is 82.8 cm³/mol. The smallest absolute Gasteiger partial charge is 0.148 e. The Morgan fingerprint density at radius 1 is 1.25 bits per heavy atom. The van der Waals surface area contributed by atoms with Crippen LogP contribution in [0.15, 0.2) is 0 Å². The van der Waals surface area contributed by atoms with Crippen molar-refractivity contribution < 1.29 is 0 Å². The van der Waals surface area contributed by atoms with E-state index in [0.29, 0.717) is 11.7 Å². The van der Waals surface area contributed by atoms with Gasteiger partial charge in [0.05, 0.1) is 0 Å². The van der Waals surface area contributed by atoms with E-state index in [9.17, 15) is 0 Å². The average Bonchev–Trinajstić information content (AvgIpc) is 3.21. The SMILES string of the molecule is Cc1c(NN)nc(C2CC2)nc1NCC(C)(C)N(C)C. The van der Waals surface area contributed by atoms with Crippen LogP contribution in [-0.2, 0) is 0 Å². The molecule has 1 heterocycles. The molecule has 0 aromatic carbocycles. The van der Waals surface area contributed by atoms with Crippen LogP contribution in [0.5, 0.6) is 0 Å². The van der Waals surface area contributed by atoms with E-state index in [-0.39, 0.29) is 5.54 Å². The number of aromatic nitrogens is 2. The van der Waals surface area contributed by atoms with Gasteiger partial charge in [-0.15, -0.1) is 0 Å². The van der Waals surface area contributed by atoms with Crippen LogP contribution >= 0.6 is 0 Å². The molecule has 1 aromatic heterocycles. The van der Waals surface area contributed by atoms with E-state index in [1.807, 2.05) is 6.92 Å². The fourth-order valence-electron chi connectivity index (χ4n) is 1.83. The number of rotatable bonds is 6. The van der Waals surface area contributed by atoms with Crippen LogP contribution in [0.2, 0.25) is 0 Å². The average molecular weight is 278 g/mol. The predicted octanol–water partition coefficient (Wildman–Crippen LogP) is 1.70. The molecule has 0 spiro atoms. The van der Waals surface area contributed by atoms with Crippen molar-refractivity contribution in [3.05, 3.63) is 11.4 Å². The molecule has 2 rings (SSSR count). The molecular weight excluding hydrogens is 252 g/mol. The summed E-state index contributed by atoms with van der Waals surface area (Å²) in [5.41, 5.74) is 3.69. The number of nitrogens with zero attached hydrogens (tertiary/aromatic N) is 3. The first-order valence-corrected chi connectivity index (χ1v) is 7.11. The number of hydrogen-bond acceptors (Lipinski definition) is 6. The topological polar surface area (TPSA) is 79.1 Å². The third-order valence-corrected chi connectivity index (χ3v) is 4.14. The van der Waals surface area contributed by atoms with Gasteiger partial charge in [-0.05, 0) is 47.7 Å². The van der Waals surface area contributed by atoms with Gasteiger partial charge in [0, 0.05) is 23.6 Å². The first kappa shape index (κ1) is 15.0. The van der Waals surface area contributed by atoms with E-state index in [1.54, 1.807) is 0 Å². The van der Waals surface area contributed by atoms with Gasteiger partial charge >= 0.3 is 0 Å². The Bertz CT molecular complexity index is 479. The minimum Gasteiger partial charge on any atom is -0.368 e. The number of nitrogens with one attached hydrogen (secondary N) is 2. The number of hydrogen-bond donors (Lipinski definition) is 3. The quantitative estimate of drug-likeness (QED) is 0.543. The Balaban J connectivity index is 2.20. The van der Waals surface area contributed by atoms with Gasteiger partial charge in [-0.25, -0.2) is 15.8 Å². The van der Waals surface area contributed by atoms with Crippen molar-refractivity contribution in [1.29, 1.82) is 0 Å². The zero-order valence-electron chi connectivity index (χ0n) is 13.1. The molecule has 1 fully saturated rings. The molecule has 112 valence electrons. The maximum absolute atomic E-state index is 5.56. The second-order valence-electron chi connectivity index (χ2n) is 6.38. The van der Waals surface area contributed by atoms with Gasteiger partial charge in [-0.2, -0.15) is 0 Å². The largest absolute Gasteiger partial charge is 0.368 e. The van der Waals surface area contributed by atoms with Gasteiger partial charge in [0.25, 0.3) is 0 Å². The fourth-order valence-corrected chi connectivity index (χ4v) is 1.83. The van der Waals surface area contributed by atoms with Crippen LogP contribution in [0, 0.1) is 6.92 Å². The number of anilines is 2. The van der Waals surface area contributed by atoms with E-state index in [0.717, 1.165) is 23.8 Å². The second kappa shape index (κ2) is 5.54. The Morgan fingerprint density at radius 2 is 1.85 bits per heavy atom. The van der Waals surface area contributed by atoms with Crippen molar-refractivity contribution in [3.63, 3.8) is 0 Å². The second-order valence-corrected chi connectivity index (χ2v) is 6.38. The molecule has 0 atom stereocenters. The highest BCUT2D eigenvalue weighted by molar-refractivity contribution is 5.57. The minimum atomic E-state index is 0.0490. The lowest BCUT2D eigenvalue weighted by atomic mass is 10.0. The molecular formula is C14H26N6. The number of hydrazine groups is 1. The number of nitrogens with two attached hydrogens (primary N) is 1. The molecule has 1 aliphatic rings. The standard InChI is InChI=1S/C14H26N6/c1-9-11(16-8-14(2,3)20(4)5)17-13(10-6-7-10)18-12(9)19-15/h10H,6-8,15H2,1-5H3,(H2,16,17,18,19). The maximum atomic E-state index is 5.56. The summed E-state index contributed by atoms with van der Waals surface area (Å²) in [5, 5.41) is 3.44. The van der Waals surface area contributed by atoms with Crippen LogP contribution in [0.3, 0.4) is 0 Å². The van der Waals surface area contributed by atoms with Crippen molar-refractivity contribution in [2.24, 2.45) is 5.84 Å². The zero-order valence-corrected chi connectivity index (χ0v) is 13.1. The van der Waals surface area contributed by atoms with Crippen molar-refractivity contribution in [2.75, 3.05) is 31.4 Å². The third-order valence-electron chi connectivity index (χ3n) is 4.14. The first-order valence-electron chi connectivity index (χ1n) is 7.11. The third kappa shape index (κ3) is 3.19. The maximum Gasteiger partial charge on any atom is 0.148 e. The number of likely N-dealkylation sites (N-methyl/N-ethyl adjacent to an activating group) is 1. The Morgan fingerprint density at radius 3 is 2.35 bits per heavy atom. The van der Waals surface area contributed by atoms with E-state index < -0.39 is 0 Å². The molecule has 0 aliphatic heterocycles. The molecule has 6 heteroatoms. The molecule has 0 unspecified atom stereocenters. The van der Waals surface area contributed by atoms with Crippen LogP contribution in [0.25, 0.3) is 0 Å². The highest BCUT2D eigenvalue weighted by Crippen LogP contribution is 2.39. The van der Waals surface area contributed by atoms with Crippen molar-refractivity contribution in [3.8, 4) is 0 Å². The van der Waals surface area contributed by atoms with Gasteiger partial charge in [0.1, 0.15) is 17.5 Å². The Labute approximate surface area is 121 Å². The summed E-state index contributed by atoms with van der Waals surface area (Å²) in [6.07, 6.45) is 2.35. The van der Waals surface area contributed by atoms with Crippen LogP contribution in [0.1, 0.15) is 44.0 Å². The lowest BCUT2D eigenvalue weighted by Gasteiger charge is -2.33. The van der Waals surface area contributed by atoms with Gasteiger partial charge in [-0.1, -0.05) is 0 Å². The summed E-state index contributed by atoms with van der Waals surface area (Å²) >= 11 is 0. The molecule has 0 amide bonds. The molecule has 1 saturated carbocycles. The highest BCUT2D eigenvalue weighted by atomic mass is 15.3. The van der Waals surface area contributed by atoms with Crippen molar-refractivity contribution in [2.45, 2.75) is 45.1 Å². The van der Waals surface area contributed by atoms with E-state index >= 15 is 0 Å². The summed E-state index contributed by atoms with van der Waals surface area (Å²) in [7, 11) is 4.16. The molecule has 0 radical (unpaired) electrons. The summed E-state index contributed by atoms with van der Waals surface area (Å²) in [6, 6.07) is 0. The first-order chi connectivity index (χ1) is 9.35. The molecule has 0 saturated heterocycles. The number of nitrogen functional groups attached to an aromatic ring is 1. The fraction of sp³-hybridized carbons (Fsp3) is 0.714. The van der Waals surface area contributed by atoms with E-state index in [1.165, 1.54) is 12.8 Å². The molecule has 4 N–H and O–H groups in total. The minimum absolute atomic E-state index is 0.0490. The molecule has 1 aromatic rings. The van der Waals surface area contributed by atoms with Crippen LogP contribution in [-0.4, -0.2) is 41.0 Å². The molecule has 1 aliphatic carbocycles. The van der Waals surface area contributed by atoms with Crippen LogP contribution < -0.4 is 16.6 Å². The molecule has 0 bridgehead atoms. The van der Waals surface area contributed by atoms with Gasteiger partial charge in [0.15, 0.2) is 0 Å². The van der Waals surface area contributed by atoms with Gasteiger partial charge < -0.3 is 15.6 Å². The van der Waals surface area contributed by atoms with Gasteiger partial charge in [0.2, 0.25) is 0 Å². The monoisotopic (exact) mass is 278 g/mol. The Hall–Kier alpha value is -1.40. The summed E-state index contributed by atoms with van der Waals surface area (Å²) in [6.45, 7) is 7.18. The van der Waals surface area contributed by atoms with E-state index in [2.05, 4.69) is 53.6 Å². The van der Waals surface area contributed by atoms with Gasteiger partial charge in [-0.3, -0.25) is 0 Å². The Kier molecular flexibility index (Phi) is 4.15. The van der Waals surface area contributed by atoms with Crippen molar-refractivity contribution in [1.82, 2.24) is 14.9 Å². The zero-order chi connectivity index (χ0) is 14.9. The molecule has 20 heavy (non-hydrogen) atoms. The summed E-state index contributed by atoms with van der Waals surface area (Å²) in [4.78, 5) is 11.4. The lowest BCUT2D eigenvalue weighted by molar-refractivity contribution is 0.210. The van der Waals surface area contributed by atoms with E-state index in [4.69, 9.17) is 5.84 Å². The van der Waals surface area contributed by atoms with Crippen LogP contribution in [0.4, 0.5) is 11.6 Å². The molecule has 6 nitrogen and oxygen atoms in total.